The maximum absolute atomic E-state index is 11.8. The zero-order valence-corrected chi connectivity index (χ0v) is 13.8. The number of amides is 2. The van der Waals surface area contributed by atoms with Crippen LogP contribution in [0, 0.1) is 0 Å². The minimum absolute atomic E-state index is 0.230. The molecule has 6 heteroatoms. The zero-order chi connectivity index (χ0) is 16.5. The molecule has 0 radical (unpaired) electrons. The van der Waals surface area contributed by atoms with Crippen LogP contribution in [0.3, 0.4) is 0 Å². The third kappa shape index (κ3) is 6.16. The fraction of sp³-hybridized carbons (Fsp3) is 0.294. The first-order chi connectivity index (χ1) is 11.2. The summed E-state index contributed by atoms with van der Waals surface area (Å²) in [6, 6.07) is 10.8. The lowest BCUT2D eigenvalue weighted by Gasteiger charge is -2.08. The molecule has 0 aliphatic heterocycles. The van der Waals surface area contributed by atoms with Gasteiger partial charge in [0.2, 0.25) is 5.88 Å². The third-order valence-electron chi connectivity index (χ3n) is 3.07. The van der Waals surface area contributed by atoms with Crippen LogP contribution in [-0.4, -0.2) is 17.6 Å². The Hall–Kier alpha value is -2.27. The molecule has 2 aromatic rings. The Kier molecular flexibility index (Phi) is 6.69. The number of rotatable bonds is 7. The van der Waals surface area contributed by atoms with Gasteiger partial charge < -0.3 is 15.4 Å². The van der Waals surface area contributed by atoms with Crippen molar-refractivity contribution in [3.05, 3.63) is 58.7 Å². The molecule has 0 saturated carbocycles. The van der Waals surface area contributed by atoms with E-state index in [2.05, 4.69) is 15.6 Å². The van der Waals surface area contributed by atoms with E-state index in [0.29, 0.717) is 30.6 Å². The second-order valence-corrected chi connectivity index (χ2v) is 5.45. The SMILES string of the molecule is CCCOc1ccc(CNC(=O)NCc2ccc(Cl)cc2)cn1. The maximum Gasteiger partial charge on any atom is 0.315 e. The molecule has 0 spiro atoms. The topological polar surface area (TPSA) is 63.2 Å². The molecule has 0 aliphatic carbocycles. The molecule has 0 aliphatic rings. The zero-order valence-electron chi connectivity index (χ0n) is 13.0. The summed E-state index contributed by atoms with van der Waals surface area (Å²) in [4.78, 5) is 16.0. The first-order valence-electron chi connectivity index (χ1n) is 7.51. The normalized spacial score (nSPS) is 10.2. The second-order valence-electron chi connectivity index (χ2n) is 5.02. The Morgan fingerprint density at radius 2 is 1.74 bits per heavy atom. The fourth-order valence-corrected chi connectivity index (χ4v) is 1.96. The number of carbonyl (C=O) groups excluding carboxylic acids is 1. The molecule has 0 unspecified atom stereocenters. The van der Waals surface area contributed by atoms with E-state index in [4.69, 9.17) is 16.3 Å². The summed E-state index contributed by atoms with van der Waals surface area (Å²) in [7, 11) is 0. The predicted octanol–water partition coefficient (Wildman–Crippen LogP) is 3.52. The molecular formula is C17H20ClN3O2. The number of carbonyl (C=O) groups is 1. The first kappa shape index (κ1) is 17.1. The standard InChI is InChI=1S/C17H20ClN3O2/c1-2-9-23-16-8-5-14(11-19-16)12-21-17(22)20-10-13-3-6-15(18)7-4-13/h3-8,11H,2,9-10,12H2,1H3,(H2,20,21,22). The number of hydrogen-bond donors (Lipinski definition) is 2. The predicted molar refractivity (Wildman–Crippen MR) is 90.6 cm³/mol. The number of benzene rings is 1. The van der Waals surface area contributed by atoms with E-state index >= 15 is 0 Å². The largest absolute Gasteiger partial charge is 0.478 e. The van der Waals surface area contributed by atoms with Crippen LogP contribution >= 0.6 is 11.6 Å². The lowest BCUT2D eigenvalue weighted by atomic mass is 10.2. The summed E-state index contributed by atoms with van der Waals surface area (Å²) in [6.45, 7) is 3.55. The summed E-state index contributed by atoms with van der Waals surface area (Å²) in [5.74, 6) is 0.600. The summed E-state index contributed by atoms with van der Waals surface area (Å²) < 4.78 is 5.41. The van der Waals surface area contributed by atoms with Gasteiger partial charge in [0.15, 0.2) is 0 Å². The number of urea groups is 1. The Balaban J connectivity index is 1.72. The van der Waals surface area contributed by atoms with Gasteiger partial charge in [-0.15, -0.1) is 0 Å². The number of nitrogens with one attached hydrogen (secondary N) is 2. The van der Waals surface area contributed by atoms with Crippen molar-refractivity contribution >= 4 is 17.6 Å². The highest BCUT2D eigenvalue weighted by Crippen LogP contribution is 2.09. The van der Waals surface area contributed by atoms with Gasteiger partial charge in [-0.1, -0.05) is 36.7 Å². The number of ether oxygens (including phenoxy) is 1. The second kappa shape index (κ2) is 9.00. The third-order valence-corrected chi connectivity index (χ3v) is 3.32. The van der Waals surface area contributed by atoms with E-state index in [1.54, 1.807) is 24.4 Å². The Labute approximate surface area is 141 Å². The molecule has 2 amide bonds. The van der Waals surface area contributed by atoms with Crippen molar-refractivity contribution < 1.29 is 9.53 Å². The van der Waals surface area contributed by atoms with Gasteiger partial charge in [-0.3, -0.25) is 0 Å². The lowest BCUT2D eigenvalue weighted by molar-refractivity contribution is 0.240. The Bertz CT molecular complexity index is 615. The molecule has 5 nitrogen and oxygen atoms in total. The van der Waals surface area contributed by atoms with Crippen LogP contribution in [0.15, 0.2) is 42.6 Å². The molecule has 122 valence electrons. The van der Waals surface area contributed by atoms with Gasteiger partial charge in [-0.2, -0.15) is 0 Å². The lowest BCUT2D eigenvalue weighted by Crippen LogP contribution is -2.34. The number of pyridine rings is 1. The molecule has 1 aromatic carbocycles. The first-order valence-corrected chi connectivity index (χ1v) is 7.89. The van der Waals surface area contributed by atoms with Crippen LogP contribution in [0.1, 0.15) is 24.5 Å². The van der Waals surface area contributed by atoms with E-state index < -0.39 is 0 Å². The molecule has 1 heterocycles. The van der Waals surface area contributed by atoms with Crippen molar-refractivity contribution in [3.8, 4) is 5.88 Å². The minimum Gasteiger partial charge on any atom is -0.478 e. The molecule has 0 saturated heterocycles. The highest BCUT2D eigenvalue weighted by molar-refractivity contribution is 6.30. The highest BCUT2D eigenvalue weighted by atomic mass is 35.5. The van der Waals surface area contributed by atoms with Crippen molar-refractivity contribution in [2.75, 3.05) is 6.61 Å². The Morgan fingerprint density at radius 1 is 1.09 bits per heavy atom. The molecule has 0 bridgehead atoms. The van der Waals surface area contributed by atoms with Crippen LogP contribution in [0.4, 0.5) is 4.79 Å². The van der Waals surface area contributed by atoms with Gasteiger partial charge in [0.1, 0.15) is 0 Å². The molecular weight excluding hydrogens is 314 g/mol. The van der Waals surface area contributed by atoms with Crippen LogP contribution in [0.2, 0.25) is 5.02 Å². The summed E-state index contributed by atoms with van der Waals surface area (Å²) in [5, 5.41) is 6.25. The van der Waals surface area contributed by atoms with E-state index in [-0.39, 0.29) is 6.03 Å². The van der Waals surface area contributed by atoms with Crippen LogP contribution < -0.4 is 15.4 Å². The quantitative estimate of drug-likeness (QED) is 0.814. The molecule has 2 N–H and O–H groups in total. The van der Waals surface area contributed by atoms with Gasteiger partial charge in [-0.05, 0) is 29.7 Å². The van der Waals surface area contributed by atoms with Crippen LogP contribution in [-0.2, 0) is 13.1 Å². The number of hydrogen-bond acceptors (Lipinski definition) is 3. The Morgan fingerprint density at radius 3 is 2.35 bits per heavy atom. The maximum atomic E-state index is 11.8. The average Bonchev–Trinajstić information content (AvgIpc) is 2.58. The van der Waals surface area contributed by atoms with Gasteiger partial charge in [0, 0.05) is 30.4 Å². The van der Waals surface area contributed by atoms with Crippen molar-refractivity contribution in [1.82, 2.24) is 15.6 Å². The van der Waals surface area contributed by atoms with Gasteiger partial charge >= 0.3 is 6.03 Å². The van der Waals surface area contributed by atoms with Crippen molar-refractivity contribution in [2.45, 2.75) is 26.4 Å². The van der Waals surface area contributed by atoms with E-state index in [1.165, 1.54) is 0 Å². The molecule has 0 fully saturated rings. The monoisotopic (exact) mass is 333 g/mol. The number of nitrogens with zero attached hydrogens (tertiary/aromatic N) is 1. The summed E-state index contributed by atoms with van der Waals surface area (Å²) >= 11 is 5.82. The van der Waals surface area contributed by atoms with Crippen LogP contribution in [0.25, 0.3) is 0 Å². The van der Waals surface area contributed by atoms with E-state index in [0.717, 1.165) is 17.5 Å². The molecule has 0 atom stereocenters. The van der Waals surface area contributed by atoms with Crippen molar-refractivity contribution in [2.24, 2.45) is 0 Å². The fourth-order valence-electron chi connectivity index (χ4n) is 1.84. The smallest absolute Gasteiger partial charge is 0.315 e. The van der Waals surface area contributed by atoms with Gasteiger partial charge in [0.05, 0.1) is 6.61 Å². The average molecular weight is 334 g/mol. The van der Waals surface area contributed by atoms with Crippen molar-refractivity contribution in [3.63, 3.8) is 0 Å². The molecule has 1 aromatic heterocycles. The van der Waals surface area contributed by atoms with E-state index in [1.807, 2.05) is 25.1 Å². The van der Waals surface area contributed by atoms with E-state index in [9.17, 15) is 4.79 Å². The summed E-state index contributed by atoms with van der Waals surface area (Å²) in [6.07, 6.45) is 2.64. The number of halogens is 1. The van der Waals surface area contributed by atoms with Gasteiger partial charge in [-0.25, -0.2) is 9.78 Å². The summed E-state index contributed by atoms with van der Waals surface area (Å²) in [5.41, 5.74) is 1.90. The van der Waals surface area contributed by atoms with Crippen molar-refractivity contribution in [1.29, 1.82) is 0 Å². The molecule has 23 heavy (non-hydrogen) atoms. The highest BCUT2D eigenvalue weighted by Gasteiger charge is 2.02. The van der Waals surface area contributed by atoms with Gasteiger partial charge in [0.25, 0.3) is 0 Å². The number of aromatic nitrogens is 1. The van der Waals surface area contributed by atoms with Crippen LogP contribution in [0.5, 0.6) is 5.88 Å². The minimum atomic E-state index is -0.230. The molecule has 2 rings (SSSR count).